The molecule has 6 heteroatoms. The van der Waals surface area contributed by atoms with E-state index in [1.165, 1.54) is 10.4 Å². The number of aryl methyl sites for hydroxylation is 1. The van der Waals surface area contributed by atoms with Crippen LogP contribution in [0, 0.1) is 6.92 Å². The summed E-state index contributed by atoms with van der Waals surface area (Å²) in [6.45, 7) is 10.2. The maximum Gasteiger partial charge on any atom is 0.191 e. The van der Waals surface area contributed by atoms with Crippen molar-refractivity contribution in [2.45, 2.75) is 58.8 Å². The summed E-state index contributed by atoms with van der Waals surface area (Å²) in [6, 6.07) is 11.8. The van der Waals surface area contributed by atoms with E-state index in [2.05, 4.69) is 71.6 Å². The Kier molecular flexibility index (Phi) is 7.24. The van der Waals surface area contributed by atoms with Gasteiger partial charge >= 0.3 is 0 Å². The molecule has 1 aliphatic rings. The highest BCUT2D eigenvalue weighted by Crippen LogP contribution is 2.20. The third-order valence-corrected chi connectivity index (χ3v) is 5.87. The molecule has 2 heterocycles. The minimum atomic E-state index is 0.461. The van der Waals surface area contributed by atoms with E-state index in [9.17, 15) is 0 Å². The molecule has 0 saturated carbocycles. The Balaban J connectivity index is 1.53. The quantitative estimate of drug-likeness (QED) is 0.590. The summed E-state index contributed by atoms with van der Waals surface area (Å²) in [5.41, 5.74) is 1.39. The van der Waals surface area contributed by atoms with Crippen LogP contribution in [0.25, 0.3) is 0 Å². The van der Waals surface area contributed by atoms with Crippen molar-refractivity contribution >= 4 is 17.3 Å². The third kappa shape index (κ3) is 6.04. The zero-order chi connectivity index (χ0) is 19.1. The molecule has 2 unspecified atom stereocenters. The Morgan fingerprint density at radius 1 is 1.33 bits per heavy atom. The maximum absolute atomic E-state index is 4.73. The Bertz CT molecular complexity index is 727. The van der Waals surface area contributed by atoms with Crippen LogP contribution in [0.4, 0.5) is 0 Å². The number of nitrogens with one attached hydrogen (secondary N) is 2. The Morgan fingerprint density at radius 2 is 2.15 bits per heavy atom. The zero-order valence-electron chi connectivity index (χ0n) is 16.6. The number of guanidine groups is 1. The molecule has 0 spiro atoms. The number of piperidine rings is 1. The Morgan fingerprint density at radius 3 is 2.81 bits per heavy atom. The van der Waals surface area contributed by atoms with Gasteiger partial charge in [-0.05, 0) is 39.2 Å². The number of hydrogen-bond donors (Lipinski definition) is 2. The van der Waals surface area contributed by atoms with Gasteiger partial charge in [0.2, 0.25) is 0 Å². The average Bonchev–Trinajstić information content (AvgIpc) is 3.08. The van der Waals surface area contributed by atoms with E-state index in [1.54, 1.807) is 11.3 Å². The lowest BCUT2D eigenvalue weighted by molar-refractivity contribution is 0.134. The van der Waals surface area contributed by atoms with Crippen molar-refractivity contribution in [2.75, 3.05) is 13.1 Å². The SMILES string of the molecule is CCNC(=NCc1ncc(C)s1)NC1CCN(Cc2ccccc2)C(C)C1. The van der Waals surface area contributed by atoms with Crippen LogP contribution < -0.4 is 10.6 Å². The summed E-state index contributed by atoms with van der Waals surface area (Å²) in [5, 5.41) is 8.08. The van der Waals surface area contributed by atoms with Gasteiger partial charge in [-0.2, -0.15) is 0 Å². The van der Waals surface area contributed by atoms with Crippen LogP contribution in [-0.2, 0) is 13.1 Å². The first-order valence-corrected chi connectivity index (χ1v) is 10.7. The van der Waals surface area contributed by atoms with E-state index >= 15 is 0 Å². The van der Waals surface area contributed by atoms with Gasteiger partial charge in [0.15, 0.2) is 5.96 Å². The fraction of sp³-hybridized carbons (Fsp3) is 0.524. The number of nitrogens with zero attached hydrogens (tertiary/aromatic N) is 3. The molecule has 0 aliphatic carbocycles. The molecule has 1 saturated heterocycles. The fourth-order valence-corrected chi connectivity index (χ4v) is 4.25. The van der Waals surface area contributed by atoms with Crippen LogP contribution in [0.2, 0.25) is 0 Å². The molecule has 2 N–H and O–H groups in total. The van der Waals surface area contributed by atoms with Crippen molar-refractivity contribution < 1.29 is 0 Å². The van der Waals surface area contributed by atoms with E-state index in [0.29, 0.717) is 18.6 Å². The van der Waals surface area contributed by atoms with Gasteiger partial charge in [-0.15, -0.1) is 11.3 Å². The summed E-state index contributed by atoms with van der Waals surface area (Å²) >= 11 is 1.72. The van der Waals surface area contributed by atoms with E-state index < -0.39 is 0 Å². The Labute approximate surface area is 166 Å². The molecular weight excluding hydrogens is 354 g/mol. The normalized spacial score (nSPS) is 21.2. The molecule has 27 heavy (non-hydrogen) atoms. The molecule has 3 rings (SSSR count). The van der Waals surface area contributed by atoms with Gasteiger partial charge in [0.25, 0.3) is 0 Å². The molecule has 0 bridgehead atoms. The molecule has 5 nitrogen and oxygen atoms in total. The van der Waals surface area contributed by atoms with Crippen LogP contribution >= 0.6 is 11.3 Å². The van der Waals surface area contributed by atoms with Gasteiger partial charge in [0, 0.05) is 42.8 Å². The fourth-order valence-electron chi connectivity index (χ4n) is 3.54. The summed E-state index contributed by atoms with van der Waals surface area (Å²) in [6.07, 6.45) is 4.19. The number of hydrogen-bond acceptors (Lipinski definition) is 4. The number of thiazole rings is 1. The van der Waals surface area contributed by atoms with Crippen molar-refractivity contribution in [3.05, 3.63) is 52.0 Å². The highest BCUT2D eigenvalue weighted by Gasteiger charge is 2.25. The van der Waals surface area contributed by atoms with Crippen LogP contribution in [0.15, 0.2) is 41.5 Å². The standard InChI is InChI=1S/C21H31N5S/c1-4-22-21(24-14-20-23-13-17(3)27-20)25-19-10-11-26(16(2)12-19)15-18-8-6-5-7-9-18/h5-9,13,16,19H,4,10-12,14-15H2,1-3H3,(H2,22,24,25). The van der Waals surface area contributed by atoms with E-state index in [0.717, 1.165) is 43.4 Å². The largest absolute Gasteiger partial charge is 0.357 e. The van der Waals surface area contributed by atoms with Crippen LogP contribution in [0.5, 0.6) is 0 Å². The lowest BCUT2D eigenvalue weighted by Gasteiger charge is -2.38. The van der Waals surface area contributed by atoms with E-state index in [-0.39, 0.29) is 0 Å². The zero-order valence-corrected chi connectivity index (χ0v) is 17.4. The van der Waals surface area contributed by atoms with Crippen LogP contribution in [0.1, 0.15) is 42.1 Å². The molecule has 1 aliphatic heterocycles. The van der Waals surface area contributed by atoms with E-state index in [4.69, 9.17) is 4.99 Å². The van der Waals surface area contributed by atoms with Crippen molar-refractivity contribution in [1.29, 1.82) is 0 Å². The van der Waals surface area contributed by atoms with Crippen molar-refractivity contribution in [1.82, 2.24) is 20.5 Å². The summed E-state index contributed by atoms with van der Waals surface area (Å²) in [5.74, 6) is 0.902. The Hall–Kier alpha value is -1.92. The van der Waals surface area contributed by atoms with Crippen LogP contribution in [-0.4, -0.2) is 41.0 Å². The predicted octanol–water partition coefficient (Wildman–Crippen LogP) is 3.56. The smallest absolute Gasteiger partial charge is 0.191 e. The minimum absolute atomic E-state index is 0.461. The predicted molar refractivity (Wildman–Crippen MR) is 114 cm³/mol. The van der Waals surface area contributed by atoms with Gasteiger partial charge in [0.1, 0.15) is 5.01 Å². The highest BCUT2D eigenvalue weighted by molar-refractivity contribution is 7.11. The number of benzene rings is 1. The molecule has 1 fully saturated rings. The highest BCUT2D eigenvalue weighted by atomic mass is 32.1. The number of aromatic nitrogens is 1. The number of rotatable bonds is 6. The lowest BCUT2D eigenvalue weighted by atomic mass is 9.97. The molecule has 2 aromatic rings. The lowest BCUT2D eigenvalue weighted by Crippen LogP contribution is -2.51. The maximum atomic E-state index is 4.73. The second-order valence-corrected chi connectivity index (χ2v) is 8.55. The second-order valence-electron chi connectivity index (χ2n) is 7.23. The van der Waals surface area contributed by atoms with Gasteiger partial charge in [0.05, 0.1) is 6.54 Å². The molecule has 0 amide bonds. The molecule has 1 aromatic heterocycles. The minimum Gasteiger partial charge on any atom is -0.357 e. The first kappa shape index (κ1) is 19.8. The summed E-state index contributed by atoms with van der Waals surface area (Å²) < 4.78 is 0. The number of likely N-dealkylation sites (tertiary alicyclic amines) is 1. The topological polar surface area (TPSA) is 52.6 Å². The second kappa shape index (κ2) is 9.85. The average molecular weight is 386 g/mol. The van der Waals surface area contributed by atoms with Crippen molar-refractivity contribution in [3.63, 3.8) is 0 Å². The first-order valence-electron chi connectivity index (χ1n) is 9.88. The number of aliphatic imine (C=N–C) groups is 1. The molecule has 1 aromatic carbocycles. The van der Waals surface area contributed by atoms with Crippen molar-refractivity contribution in [3.8, 4) is 0 Å². The van der Waals surface area contributed by atoms with Gasteiger partial charge < -0.3 is 10.6 Å². The van der Waals surface area contributed by atoms with Crippen LogP contribution in [0.3, 0.4) is 0 Å². The molecular formula is C21H31N5S. The summed E-state index contributed by atoms with van der Waals surface area (Å²) in [4.78, 5) is 13.0. The monoisotopic (exact) mass is 385 g/mol. The third-order valence-electron chi connectivity index (χ3n) is 4.97. The molecule has 0 radical (unpaired) electrons. The summed E-state index contributed by atoms with van der Waals surface area (Å²) in [7, 11) is 0. The molecule has 2 atom stereocenters. The first-order chi connectivity index (χ1) is 13.1. The van der Waals surface area contributed by atoms with E-state index in [1.807, 2.05) is 6.20 Å². The van der Waals surface area contributed by atoms with Gasteiger partial charge in [-0.3, -0.25) is 4.90 Å². The van der Waals surface area contributed by atoms with Gasteiger partial charge in [-0.1, -0.05) is 30.3 Å². The molecule has 146 valence electrons. The van der Waals surface area contributed by atoms with Gasteiger partial charge in [-0.25, -0.2) is 9.98 Å². The van der Waals surface area contributed by atoms with Crippen molar-refractivity contribution in [2.24, 2.45) is 4.99 Å².